The molecule has 2 aliphatic heterocycles. The zero-order valence-electron chi connectivity index (χ0n) is 15.3. The summed E-state index contributed by atoms with van der Waals surface area (Å²) >= 11 is 0. The van der Waals surface area contributed by atoms with Gasteiger partial charge in [-0.1, -0.05) is 6.42 Å². The van der Waals surface area contributed by atoms with Gasteiger partial charge in [0.25, 0.3) is 5.91 Å². The van der Waals surface area contributed by atoms with Crippen LogP contribution in [0.15, 0.2) is 24.3 Å². The number of nitrogens with one attached hydrogen (secondary N) is 1. The largest absolute Gasteiger partial charge is 0.352 e. The Kier molecular flexibility index (Phi) is 6.53. The fraction of sp³-hybridized carbons (Fsp3) is 0.632. The maximum Gasteiger partial charge on any atom is 0.251 e. The molecule has 6 nitrogen and oxygen atoms in total. The Morgan fingerprint density at radius 2 is 1.65 bits per heavy atom. The maximum atomic E-state index is 12.3. The first-order valence-corrected chi connectivity index (χ1v) is 11.3. The van der Waals surface area contributed by atoms with Gasteiger partial charge in [0, 0.05) is 18.7 Å². The normalized spacial score (nSPS) is 20.7. The first-order chi connectivity index (χ1) is 12.6. The average Bonchev–Trinajstić information content (AvgIpc) is 2.66. The van der Waals surface area contributed by atoms with Crippen molar-refractivity contribution in [2.24, 2.45) is 0 Å². The van der Waals surface area contributed by atoms with Gasteiger partial charge in [0.2, 0.25) is 10.0 Å². The molecule has 144 valence electrons. The molecule has 2 aliphatic rings. The highest BCUT2D eigenvalue weighted by molar-refractivity contribution is 7.92. The summed E-state index contributed by atoms with van der Waals surface area (Å²) in [7, 11) is -3.21. The Morgan fingerprint density at radius 1 is 0.962 bits per heavy atom. The molecule has 0 radical (unpaired) electrons. The minimum Gasteiger partial charge on any atom is -0.352 e. The predicted molar refractivity (Wildman–Crippen MR) is 104 cm³/mol. The van der Waals surface area contributed by atoms with E-state index in [4.69, 9.17) is 0 Å². The Morgan fingerprint density at radius 3 is 2.35 bits per heavy atom. The second-order valence-corrected chi connectivity index (χ2v) is 9.17. The zero-order valence-corrected chi connectivity index (χ0v) is 16.1. The molecule has 2 saturated heterocycles. The minimum atomic E-state index is -3.21. The van der Waals surface area contributed by atoms with Crippen molar-refractivity contribution in [1.82, 2.24) is 10.2 Å². The van der Waals surface area contributed by atoms with Gasteiger partial charge in [-0.3, -0.25) is 9.10 Å². The molecule has 1 N–H and O–H groups in total. The number of nitrogens with zero attached hydrogens (tertiary/aromatic N) is 2. The van der Waals surface area contributed by atoms with Crippen molar-refractivity contribution in [3.8, 4) is 0 Å². The second kappa shape index (κ2) is 8.86. The predicted octanol–water partition coefficient (Wildman–Crippen LogP) is 2.22. The SMILES string of the molecule is O=C(NCCCN1CCCCC1)c1ccc(N2CCCCS2(=O)=O)cc1. The number of likely N-dealkylation sites (tertiary alicyclic amines) is 1. The van der Waals surface area contributed by atoms with E-state index in [1.165, 1.54) is 36.7 Å². The van der Waals surface area contributed by atoms with E-state index in [1.54, 1.807) is 24.3 Å². The van der Waals surface area contributed by atoms with Crippen molar-refractivity contribution < 1.29 is 13.2 Å². The van der Waals surface area contributed by atoms with Gasteiger partial charge in [-0.15, -0.1) is 0 Å². The van der Waals surface area contributed by atoms with Crippen LogP contribution in [0.2, 0.25) is 0 Å². The van der Waals surface area contributed by atoms with E-state index in [0.29, 0.717) is 24.3 Å². The summed E-state index contributed by atoms with van der Waals surface area (Å²) in [6.07, 6.45) is 6.45. The summed E-state index contributed by atoms with van der Waals surface area (Å²) < 4.78 is 25.8. The van der Waals surface area contributed by atoms with Crippen molar-refractivity contribution in [1.29, 1.82) is 0 Å². The van der Waals surface area contributed by atoms with Crippen molar-refractivity contribution in [2.45, 2.75) is 38.5 Å². The molecule has 1 aromatic carbocycles. The van der Waals surface area contributed by atoms with E-state index in [-0.39, 0.29) is 11.7 Å². The number of carbonyl (C=O) groups is 1. The van der Waals surface area contributed by atoms with Gasteiger partial charge in [-0.25, -0.2) is 8.42 Å². The van der Waals surface area contributed by atoms with Crippen molar-refractivity contribution in [3.63, 3.8) is 0 Å². The number of anilines is 1. The number of piperidine rings is 1. The molecule has 2 fully saturated rings. The number of benzene rings is 1. The Labute approximate surface area is 156 Å². The van der Waals surface area contributed by atoms with Crippen LogP contribution in [0.4, 0.5) is 5.69 Å². The first-order valence-electron chi connectivity index (χ1n) is 9.67. The lowest BCUT2D eigenvalue weighted by atomic mass is 10.1. The summed E-state index contributed by atoms with van der Waals surface area (Å²) in [5.74, 6) is 0.100. The van der Waals surface area contributed by atoms with Gasteiger partial charge in [-0.2, -0.15) is 0 Å². The maximum absolute atomic E-state index is 12.3. The van der Waals surface area contributed by atoms with E-state index in [2.05, 4.69) is 10.2 Å². The van der Waals surface area contributed by atoms with Crippen molar-refractivity contribution >= 4 is 21.6 Å². The standard InChI is InChI=1S/C19H29N3O3S/c23-19(20-11-6-14-21-12-2-1-3-13-21)17-7-9-18(10-8-17)22-15-4-5-16-26(22,24)25/h7-10H,1-6,11-16H2,(H,20,23). The molecule has 0 atom stereocenters. The second-order valence-electron chi connectivity index (χ2n) is 7.15. The summed E-state index contributed by atoms with van der Waals surface area (Å²) in [6, 6.07) is 6.87. The van der Waals surface area contributed by atoms with Crippen LogP contribution in [-0.2, 0) is 10.0 Å². The smallest absolute Gasteiger partial charge is 0.251 e. The monoisotopic (exact) mass is 379 g/mol. The van der Waals surface area contributed by atoms with Crippen molar-refractivity contribution in [2.75, 3.05) is 42.8 Å². The summed E-state index contributed by atoms with van der Waals surface area (Å²) in [5.41, 5.74) is 1.22. The molecular weight excluding hydrogens is 350 g/mol. The number of sulfonamides is 1. The van der Waals surface area contributed by atoms with E-state index in [9.17, 15) is 13.2 Å². The molecule has 0 spiro atoms. The van der Waals surface area contributed by atoms with E-state index in [0.717, 1.165) is 25.8 Å². The molecule has 1 amide bonds. The van der Waals surface area contributed by atoms with Gasteiger partial charge in [-0.05, 0) is 76.0 Å². The number of carbonyl (C=O) groups excluding carboxylic acids is 1. The number of rotatable bonds is 6. The molecule has 0 aliphatic carbocycles. The Balaban J connectivity index is 1.47. The average molecular weight is 380 g/mol. The van der Waals surface area contributed by atoms with Crippen LogP contribution in [-0.4, -0.2) is 57.7 Å². The summed E-state index contributed by atoms with van der Waals surface area (Å²) in [6.45, 7) is 4.57. The van der Waals surface area contributed by atoms with Gasteiger partial charge in [0.1, 0.15) is 0 Å². The van der Waals surface area contributed by atoms with Gasteiger partial charge in [0.05, 0.1) is 11.4 Å². The molecule has 0 bridgehead atoms. The highest BCUT2D eigenvalue weighted by Crippen LogP contribution is 2.23. The van der Waals surface area contributed by atoms with Gasteiger partial charge < -0.3 is 10.2 Å². The van der Waals surface area contributed by atoms with Crippen LogP contribution in [0.1, 0.15) is 48.9 Å². The van der Waals surface area contributed by atoms with Crippen LogP contribution in [0.5, 0.6) is 0 Å². The highest BCUT2D eigenvalue weighted by atomic mass is 32.2. The van der Waals surface area contributed by atoms with Crippen LogP contribution in [0.25, 0.3) is 0 Å². The molecule has 2 heterocycles. The van der Waals surface area contributed by atoms with Gasteiger partial charge in [0.15, 0.2) is 0 Å². The summed E-state index contributed by atoms with van der Waals surface area (Å²) in [4.78, 5) is 14.7. The lowest BCUT2D eigenvalue weighted by molar-refractivity contribution is 0.0951. The molecule has 3 rings (SSSR count). The third-order valence-electron chi connectivity index (χ3n) is 5.15. The van der Waals surface area contributed by atoms with E-state index < -0.39 is 10.0 Å². The van der Waals surface area contributed by atoms with Crippen molar-refractivity contribution in [3.05, 3.63) is 29.8 Å². The first kappa shape index (κ1) is 19.2. The number of hydrogen-bond acceptors (Lipinski definition) is 4. The van der Waals surface area contributed by atoms with Crippen LogP contribution >= 0.6 is 0 Å². The highest BCUT2D eigenvalue weighted by Gasteiger charge is 2.25. The van der Waals surface area contributed by atoms with Crippen LogP contribution in [0.3, 0.4) is 0 Å². The molecule has 0 aromatic heterocycles. The zero-order chi connectivity index (χ0) is 18.4. The fourth-order valence-electron chi connectivity index (χ4n) is 3.65. The van der Waals surface area contributed by atoms with E-state index in [1.807, 2.05) is 0 Å². The molecule has 1 aromatic rings. The number of amides is 1. The molecule has 0 saturated carbocycles. The van der Waals surface area contributed by atoms with E-state index >= 15 is 0 Å². The number of hydrogen-bond donors (Lipinski definition) is 1. The Bertz CT molecular complexity index is 697. The summed E-state index contributed by atoms with van der Waals surface area (Å²) in [5, 5.41) is 2.96. The van der Waals surface area contributed by atoms with Crippen LogP contribution in [0, 0.1) is 0 Å². The topological polar surface area (TPSA) is 69.7 Å². The minimum absolute atomic E-state index is 0.100. The van der Waals surface area contributed by atoms with Gasteiger partial charge >= 0.3 is 0 Å². The fourth-order valence-corrected chi connectivity index (χ4v) is 5.29. The van der Waals surface area contributed by atoms with Crippen LogP contribution < -0.4 is 9.62 Å². The Hall–Kier alpha value is -1.60. The third-order valence-corrected chi connectivity index (χ3v) is 7.02. The third kappa shape index (κ3) is 4.98. The molecule has 7 heteroatoms. The molecule has 0 unspecified atom stereocenters. The lowest BCUT2D eigenvalue weighted by Crippen LogP contribution is -2.37. The molecule has 26 heavy (non-hydrogen) atoms. The molecular formula is C19H29N3O3S. The quantitative estimate of drug-likeness (QED) is 0.770. The lowest BCUT2D eigenvalue weighted by Gasteiger charge is -2.28.